The van der Waals surface area contributed by atoms with E-state index in [9.17, 15) is 9.59 Å². The summed E-state index contributed by atoms with van der Waals surface area (Å²) in [6, 6.07) is 11.8. The van der Waals surface area contributed by atoms with Gasteiger partial charge in [-0.25, -0.2) is 4.98 Å². The molecule has 0 aliphatic carbocycles. The van der Waals surface area contributed by atoms with E-state index < -0.39 is 11.9 Å². The van der Waals surface area contributed by atoms with Crippen LogP contribution in [0, 0.1) is 5.92 Å². The Kier molecular flexibility index (Phi) is 6.30. The van der Waals surface area contributed by atoms with E-state index in [1.165, 1.54) is 16.2 Å². The van der Waals surface area contributed by atoms with Crippen LogP contribution in [0.2, 0.25) is 0 Å². The highest BCUT2D eigenvalue weighted by Crippen LogP contribution is 2.43. The van der Waals surface area contributed by atoms with Crippen molar-refractivity contribution in [2.75, 3.05) is 18.1 Å². The van der Waals surface area contributed by atoms with Crippen LogP contribution in [0.15, 0.2) is 63.3 Å². The number of ether oxygens (including phenoxy) is 2. The second kappa shape index (κ2) is 9.54. The highest BCUT2D eigenvalue weighted by atomic mass is 32.1. The van der Waals surface area contributed by atoms with Crippen LogP contribution in [0.4, 0.5) is 5.13 Å². The molecule has 1 aliphatic rings. The number of aromatic nitrogens is 1. The summed E-state index contributed by atoms with van der Waals surface area (Å²) >= 11 is 1.33. The Morgan fingerprint density at radius 3 is 2.69 bits per heavy atom. The highest BCUT2D eigenvalue weighted by Gasteiger charge is 2.45. The quantitative estimate of drug-likeness (QED) is 0.309. The molecule has 180 valence electrons. The minimum atomic E-state index is -0.701. The number of carbonyl (C=O) groups is 1. The van der Waals surface area contributed by atoms with Crippen molar-refractivity contribution in [3.8, 4) is 11.5 Å². The lowest BCUT2D eigenvalue weighted by Gasteiger charge is -2.23. The molecule has 1 atom stereocenters. The van der Waals surface area contributed by atoms with Crippen molar-refractivity contribution in [3.63, 3.8) is 0 Å². The van der Waals surface area contributed by atoms with Crippen molar-refractivity contribution >= 4 is 33.3 Å². The second-order valence-electron chi connectivity index (χ2n) is 8.73. The third-order valence-corrected chi connectivity index (χ3v) is 6.71. The average molecular weight is 491 g/mol. The van der Waals surface area contributed by atoms with Gasteiger partial charge < -0.3 is 13.9 Å². The number of fused-ring (bicyclic) bond motifs is 2. The summed E-state index contributed by atoms with van der Waals surface area (Å²) in [7, 11) is 0. The van der Waals surface area contributed by atoms with Gasteiger partial charge in [0.25, 0.3) is 5.91 Å². The molecule has 7 nitrogen and oxygen atoms in total. The smallest absolute Gasteiger partial charge is 0.297 e. The van der Waals surface area contributed by atoms with Crippen LogP contribution in [0.1, 0.15) is 54.9 Å². The van der Waals surface area contributed by atoms with Gasteiger partial charge in [-0.05, 0) is 49.1 Å². The van der Waals surface area contributed by atoms with Gasteiger partial charge in [0.1, 0.15) is 5.58 Å². The van der Waals surface area contributed by atoms with Crippen LogP contribution in [-0.4, -0.2) is 24.1 Å². The fourth-order valence-corrected chi connectivity index (χ4v) is 4.92. The monoisotopic (exact) mass is 490 g/mol. The SMILES string of the molecule is CCOc1cc([C@H]2c3c(oc4ccccc4c3=O)C(=O)N2c2nccs2)ccc1OCCC(C)C. The minimum Gasteiger partial charge on any atom is -0.490 e. The maximum absolute atomic E-state index is 13.6. The van der Waals surface area contributed by atoms with Crippen molar-refractivity contribution in [2.24, 2.45) is 5.92 Å². The molecule has 0 unspecified atom stereocenters. The topological polar surface area (TPSA) is 81.9 Å². The van der Waals surface area contributed by atoms with E-state index >= 15 is 0 Å². The average Bonchev–Trinajstić information content (AvgIpc) is 3.47. The van der Waals surface area contributed by atoms with Gasteiger partial charge in [-0.15, -0.1) is 11.3 Å². The lowest BCUT2D eigenvalue weighted by Crippen LogP contribution is -2.29. The lowest BCUT2D eigenvalue weighted by atomic mass is 9.98. The van der Waals surface area contributed by atoms with Crippen LogP contribution >= 0.6 is 11.3 Å². The molecule has 2 aromatic heterocycles. The van der Waals surface area contributed by atoms with Gasteiger partial charge in [0.05, 0.1) is 30.2 Å². The molecule has 8 heteroatoms. The van der Waals surface area contributed by atoms with Crippen LogP contribution in [0.3, 0.4) is 0 Å². The third kappa shape index (κ3) is 4.18. The van der Waals surface area contributed by atoms with Gasteiger partial charge >= 0.3 is 0 Å². The molecule has 0 radical (unpaired) electrons. The molecule has 3 heterocycles. The molecule has 0 N–H and O–H groups in total. The van der Waals surface area contributed by atoms with Gasteiger partial charge in [-0.3, -0.25) is 14.5 Å². The maximum Gasteiger partial charge on any atom is 0.297 e. The van der Waals surface area contributed by atoms with E-state index in [4.69, 9.17) is 13.9 Å². The molecule has 0 spiro atoms. The Bertz CT molecular complexity index is 1430. The summed E-state index contributed by atoms with van der Waals surface area (Å²) in [6.45, 7) is 7.22. The standard InChI is InChI=1S/C27H26N2O5S/c1-4-32-21-15-17(9-10-20(21)33-13-11-16(2)3)23-22-24(30)18-7-5-6-8-19(18)34-25(22)26(31)29(23)27-28-12-14-35-27/h5-10,12,14-16,23H,4,11,13H2,1-3H3/t23-/m0/s1. The molecule has 35 heavy (non-hydrogen) atoms. The molecular weight excluding hydrogens is 464 g/mol. The lowest BCUT2D eigenvalue weighted by molar-refractivity contribution is 0.0971. The number of benzene rings is 2. The largest absolute Gasteiger partial charge is 0.490 e. The van der Waals surface area contributed by atoms with Gasteiger partial charge in [-0.2, -0.15) is 0 Å². The highest BCUT2D eigenvalue weighted by molar-refractivity contribution is 7.13. The summed E-state index contributed by atoms with van der Waals surface area (Å²) in [4.78, 5) is 33.1. The van der Waals surface area contributed by atoms with Crippen molar-refractivity contribution in [3.05, 3.63) is 81.2 Å². The summed E-state index contributed by atoms with van der Waals surface area (Å²) in [5.74, 6) is 1.37. The van der Waals surface area contributed by atoms with Crippen LogP contribution in [0.25, 0.3) is 11.0 Å². The first-order valence-corrected chi connectivity index (χ1v) is 12.6. The van der Waals surface area contributed by atoms with E-state index in [1.54, 1.807) is 35.8 Å². The van der Waals surface area contributed by atoms with E-state index in [0.29, 0.717) is 52.3 Å². The molecule has 5 rings (SSSR count). The second-order valence-corrected chi connectivity index (χ2v) is 9.61. The number of carbonyl (C=O) groups excluding carboxylic acids is 1. The Hall–Kier alpha value is -3.65. The zero-order chi connectivity index (χ0) is 24.5. The molecule has 1 aliphatic heterocycles. The van der Waals surface area contributed by atoms with Crippen LogP contribution in [0.5, 0.6) is 11.5 Å². The summed E-state index contributed by atoms with van der Waals surface area (Å²) in [5.41, 5.74) is 1.18. The number of hydrogen-bond donors (Lipinski definition) is 0. The number of anilines is 1. The van der Waals surface area contributed by atoms with Gasteiger partial charge in [0.15, 0.2) is 22.1 Å². The summed E-state index contributed by atoms with van der Waals surface area (Å²) in [6.07, 6.45) is 2.56. The van der Waals surface area contributed by atoms with E-state index in [0.717, 1.165) is 12.0 Å². The normalized spacial score (nSPS) is 15.1. The summed E-state index contributed by atoms with van der Waals surface area (Å²) < 4.78 is 17.9. The van der Waals surface area contributed by atoms with Crippen molar-refractivity contribution in [1.29, 1.82) is 0 Å². The molecule has 0 saturated heterocycles. The summed E-state index contributed by atoms with van der Waals surface area (Å²) in [5, 5.41) is 2.72. The Morgan fingerprint density at radius 1 is 1.11 bits per heavy atom. The van der Waals surface area contributed by atoms with Crippen molar-refractivity contribution < 1.29 is 18.7 Å². The molecule has 2 aromatic carbocycles. The molecule has 0 fully saturated rings. The third-order valence-electron chi connectivity index (χ3n) is 5.94. The van der Waals surface area contributed by atoms with E-state index in [2.05, 4.69) is 18.8 Å². The van der Waals surface area contributed by atoms with Crippen molar-refractivity contribution in [2.45, 2.75) is 33.2 Å². The Morgan fingerprint density at radius 2 is 1.94 bits per heavy atom. The number of para-hydroxylation sites is 1. The van der Waals surface area contributed by atoms with Crippen molar-refractivity contribution in [1.82, 2.24) is 4.98 Å². The fraction of sp³-hybridized carbons (Fsp3) is 0.296. The van der Waals surface area contributed by atoms with E-state index in [1.807, 2.05) is 25.1 Å². The predicted octanol–water partition coefficient (Wildman–Crippen LogP) is 5.82. The number of nitrogens with zero attached hydrogens (tertiary/aromatic N) is 2. The Labute approximate surface area is 206 Å². The number of thiazole rings is 1. The first kappa shape index (κ1) is 23.1. The van der Waals surface area contributed by atoms with Crippen LogP contribution in [-0.2, 0) is 0 Å². The van der Waals surface area contributed by atoms with E-state index in [-0.39, 0.29) is 11.2 Å². The maximum atomic E-state index is 13.6. The van der Waals surface area contributed by atoms with Gasteiger partial charge in [0.2, 0.25) is 5.76 Å². The fourth-order valence-electron chi connectivity index (χ4n) is 4.25. The number of amides is 1. The molecule has 4 aromatic rings. The molecule has 0 saturated carbocycles. The minimum absolute atomic E-state index is 0.0455. The molecular formula is C27H26N2O5S. The molecule has 1 amide bonds. The van der Waals surface area contributed by atoms with Gasteiger partial charge in [-0.1, -0.05) is 32.0 Å². The van der Waals surface area contributed by atoms with Gasteiger partial charge in [0, 0.05) is 11.6 Å². The molecule has 0 bridgehead atoms. The van der Waals surface area contributed by atoms with Crippen LogP contribution < -0.4 is 19.8 Å². The zero-order valence-corrected chi connectivity index (χ0v) is 20.6. The predicted molar refractivity (Wildman–Crippen MR) is 136 cm³/mol. The first-order chi connectivity index (χ1) is 17.0. The number of hydrogen-bond acceptors (Lipinski definition) is 7. The number of rotatable bonds is 8. The first-order valence-electron chi connectivity index (χ1n) is 11.7. The Balaban J connectivity index is 1.66. The zero-order valence-electron chi connectivity index (χ0n) is 19.8.